The number of nitrogens with zero attached hydrogens (tertiary/aromatic N) is 2. The highest BCUT2D eigenvalue weighted by Crippen LogP contribution is 2.38. The molecule has 1 atom stereocenters. The van der Waals surface area contributed by atoms with Crippen LogP contribution in [0.5, 0.6) is 0 Å². The molecule has 0 N–H and O–H groups in total. The zero-order valence-corrected chi connectivity index (χ0v) is 19.9. The van der Waals surface area contributed by atoms with Crippen molar-refractivity contribution < 1.29 is 4.79 Å². The second kappa shape index (κ2) is 8.87. The van der Waals surface area contributed by atoms with E-state index in [0.29, 0.717) is 4.91 Å². The Balaban J connectivity index is 1.66. The minimum absolute atomic E-state index is 0.0252. The molecule has 1 aliphatic heterocycles. The second-order valence-electron chi connectivity index (χ2n) is 8.51. The van der Waals surface area contributed by atoms with Gasteiger partial charge in [-0.25, -0.2) is 4.99 Å². The number of hydrogen-bond donors (Lipinski definition) is 0. The van der Waals surface area contributed by atoms with Gasteiger partial charge in [0.15, 0.2) is 5.17 Å². The minimum atomic E-state index is 0.0252. The molecule has 1 fully saturated rings. The Morgan fingerprint density at radius 1 is 0.939 bits per heavy atom. The first-order chi connectivity index (χ1) is 16.0. The molecule has 0 bridgehead atoms. The van der Waals surface area contributed by atoms with Gasteiger partial charge < -0.3 is 0 Å². The van der Waals surface area contributed by atoms with Crippen molar-refractivity contribution in [1.82, 2.24) is 4.90 Å². The van der Waals surface area contributed by atoms with Gasteiger partial charge in [-0.05, 0) is 83.4 Å². The SMILES string of the molecule is CC[C@H](C)N1C(=O)/C(=C\c2c3ccccc3cc3ccccc23)SC1=Nc1ccc(C)cc1. The van der Waals surface area contributed by atoms with Crippen molar-refractivity contribution >= 4 is 56.1 Å². The summed E-state index contributed by atoms with van der Waals surface area (Å²) in [6.07, 6.45) is 2.93. The van der Waals surface area contributed by atoms with Crippen LogP contribution in [0.3, 0.4) is 0 Å². The highest BCUT2D eigenvalue weighted by Gasteiger charge is 2.36. The van der Waals surface area contributed by atoms with Gasteiger partial charge in [0.05, 0.1) is 10.6 Å². The number of hydrogen-bond acceptors (Lipinski definition) is 3. The van der Waals surface area contributed by atoms with Crippen LogP contribution in [0.2, 0.25) is 0 Å². The van der Waals surface area contributed by atoms with Crippen LogP contribution in [0.25, 0.3) is 27.6 Å². The Morgan fingerprint density at radius 2 is 1.55 bits per heavy atom. The zero-order valence-electron chi connectivity index (χ0n) is 19.1. The summed E-state index contributed by atoms with van der Waals surface area (Å²) in [5.74, 6) is 0.0252. The van der Waals surface area contributed by atoms with E-state index in [-0.39, 0.29) is 11.9 Å². The van der Waals surface area contributed by atoms with Crippen molar-refractivity contribution in [3.05, 3.63) is 94.9 Å². The third-order valence-corrected chi connectivity index (χ3v) is 7.20. The van der Waals surface area contributed by atoms with E-state index >= 15 is 0 Å². The minimum Gasteiger partial charge on any atom is -0.284 e. The molecular formula is C29H26N2OS. The summed E-state index contributed by atoms with van der Waals surface area (Å²) >= 11 is 1.47. The monoisotopic (exact) mass is 450 g/mol. The topological polar surface area (TPSA) is 32.7 Å². The maximum absolute atomic E-state index is 13.6. The lowest BCUT2D eigenvalue weighted by atomic mass is 9.96. The summed E-state index contributed by atoms with van der Waals surface area (Å²) in [6, 6.07) is 27.1. The predicted octanol–water partition coefficient (Wildman–Crippen LogP) is 7.70. The molecule has 0 unspecified atom stereocenters. The van der Waals surface area contributed by atoms with Gasteiger partial charge in [-0.2, -0.15) is 0 Å². The van der Waals surface area contributed by atoms with E-state index in [4.69, 9.17) is 4.99 Å². The van der Waals surface area contributed by atoms with Crippen molar-refractivity contribution in [2.75, 3.05) is 0 Å². The van der Waals surface area contributed by atoms with E-state index in [2.05, 4.69) is 81.4 Å². The molecule has 4 heteroatoms. The van der Waals surface area contributed by atoms with Crippen LogP contribution in [0, 0.1) is 6.92 Å². The molecule has 4 aromatic rings. The van der Waals surface area contributed by atoms with Crippen LogP contribution in [0.1, 0.15) is 31.4 Å². The summed E-state index contributed by atoms with van der Waals surface area (Å²) in [5, 5.41) is 5.39. The van der Waals surface area contributed by atoms with Crippen molar-refractivity contribution in [1.29, 1.82) is 0 Å². The Kier molecular flexibility index (Phi) is 5.77. The van der Waals surface area contributed by atoms with Gasteiger partial charge in [0.1, 0.15) is 0 Å². The third-order valence-electron chi connectivity index (χ3n) is 6.22. The van der Waals surface area contributed by atoms with Crippen molar-refractivity contribution in [3.8, 4) is 0 Å². The van der Waals surface area contributed by atoms with E-state index < -0.39 is 0 Å². The maximum atomic E-state index is 13.6. The summed E-state index contributed by atoms with van der Waals surface area (Å²) in [7, 11) is 0. The number of amidine groups is 1. The molecule has 0 aliphatic carbocycles. The highest BCUT2D eigenvalue weighted by molar-refractivity contribution is 8.18. The smallest absolute Gasteiger partial charge is 0.267 e. The number of aliphatic imine (C=N–C) groups is 1. The molecule has 3 nitrogen and oxygen atoms in total. The van der Waals surface area contributed by atoms with E-state index in [1.54, 1.807) is 0 Å². The molecule has 1 heterocycles. The van der Waals surface area contributed by atoms with Crippen molar-refractivity contribution in [2.45, 2.75) is 33.2 Å². The second-order valence-corrected chi connectivity index (χ2v) is 9.51. The molecule has 1 amide bonds. The van der Waals surface area contributed by atoms with Crippen LogP contribution >= 0.6 is 11.8 Å². The first kappa shape index (κ1) is 21.5. The lowest BCUT2D eigenvalue weighted by molar-refractivity contribution is -0.123. The Bertz CT molecular complexity index is 1370. The number of carbonyl (C=O) groups excluding carboxylic acids is 1. The average molecular weight is 451 g/mol. The first-order valence-corrected chi connectivity index (χ1v) is 12.2. The summed E-state index contributed by atoms with van der Waals surface area (Å²) in [4.78, 5) is 21.0. The Morgan fingerprint density at radius 3 is 2.15 bits per heavy atom. The van der Waals surface area contributed by atoms with Crippen molar-refractivity contribution in [2.24, 2.45) is 4.99 Å². The fourth-order valence-electron chi connectivity index (χ4n) is 4.20. The number of thioether (sulfide) groups is 1. The molecule has 0 aromatic heterocycles. The fourth-order valence-corrected chi connectivity index (χ4v) is 5.27. The van der Waals surface area contributed by atoms with E-state index in [9.17, 15) is 4.79 Å². The van der Waals surface area contributed by atoms with Crippen LogP contribution < -0.4 is 0 Å². The van der Waals surface area contributed by atoms with Crippen LogP contribution in [0.15, 0.2) is 88.8 Å². The molecule has 33 heavy (non-hydrogen) atoms. The number of benzene rings is 4. The molecule has 164 valence electrons. The molecule has 1 saturated heterocycles. The maximum Gasteiger partial charge on any atom is 0.267 e. The Hall–Kier alpha value is -3.37. The quantitative estimate of drug-likeness (QED) is 0.236. The van der Waals surface area contributed by atoms with Crippen molar-refractivity contribution in [3.63, 3.8) is 0 Å². The summed E-state index contributed by atoms with van der Waals surface area (Å²) < 4.78 is 0. The van der Waals surface area contributed by atoms with Crippen LogP contribution in [-0.4, -0.2) is 22.0 Å². The van der Waals surface area contributed by atoms with Gasteiger partial charge in [-0.1, -0.05) is 73.2 Å². The molecule has 4 aromatic carbocycles. The number of carbonyl (C=O) groups is 1. The number of rotatable bonds is 4. The van der Waals surface area contributed by atoms with Gasteiger partial charge in [0.2, 0.25) is 0 Å². The molecule has 0 saturated carbocycles. The summed E-state index contributed by atoms with van der Waals surface area (Å²) in [6.45, 7) is 6.25. The molecule has 0 spiro atoms. The first-order valence-electron chi connectivity index (χ1n) is 11.3. The van der Waals surface area contributed by atoms with Gasteiger partial charge >= 0.3 is 0 Å². The lowest BCUT2D eigenvalue weighted by Gasteiger charge is -2.22. The molecule has 5 rings (SSSR count). The van der Waals surface area contributed by atoms with Gasteiger partial charge in [0, 0.05) is 6.04 Å². The highest BCUT2D eigenvalue weighted by atomic mass is 32.2. The number of amides is 1. The van der Waals surface area contributed by atoms with E-state index in [1.807, 2.05) is 29.2 Å². The number of fused-ring (bicyclic) bond motifs is 2. The standard InChI is InChI=1S/C29H26N2OS/c1-4-20(3)31-28(32)27(33-29(31)30-23-15-13-19(2)14-16-23)18-26-24-11-7-5-9-21(24)17-22-10-6-8-12-25(22)26/h5-18,20H,4H2,1-3H3/b27-18+,30-29?/t20-/m0/s1. The number of aryl methyl sites for hydroxylation is 1. The van der Waals surface area contributed by atoms with Gasteiger partial charge in [-0.3, -0.25) is 9.69 Å². The van der Waals surface area contributed by atoms with Crippen LogP contribution in [0.4, 0.5) is 5.69 Å². The largest absolute Gasteiger partial charge is 0.284 e. The molecule has 1 aliphatic rings. The predicted molar refractivity (Wildman–Crippen MR) is 142 cm³/mol. The Labute approximate surface area is 198 Å². The third kappa shape index (κ3) is 4.07. The molecular weight excluding hydrogens is 424 g/mol. The molecule has 0 radical (unpaired) electrons. The fraction of sp³-hybridized carbons (Fsp3) is 0.172. The van der Waals surface area contributed by atoms with Gasteiger partial charge in [-0.15, -0.1) is 0 Å². The van der Waals surface area contributed by atoms with Crippen LogP contribution in [-0.2, 0) is 4.79 Å². The normalized spacial score (nSPS) is 17.5. The van der Waals surface area contributed by atoms with E-state index in [1.165, 1.54) is 28.1 Å². The zero-order chi connectivity index (χ0) is 22.9. The average Bonchev–Trinajstić information content (AvgIpc) is 3.14. The summed E-state index contributed by atoms with van der Waals surface area (Å²) in [5.41, 5.74) is 3.14. The van der Waals surface area contributed by atoms with E-state index in [0.717, 1.165) is 33.6 Å². The lowest BCUT2D eigenvalue weighted by Crippen LogP contribution is -2.36. The van der Waals surface area contributed by atoms with Gasteiger partial charge in [0.25, 0.3) is 5.91 Å².